The average Bonchev–Trinajstić information content (AvgIpc) is 3.35. The standard InChI is InChI=1S/C27H33F2N3O3/c1-20(23-14-21(16-28)13-22(15-23)17-29)35-18-26(24-5-3-2-4-6-24)7-9-27(10-8-26,11-12-33)32-19-30-31-25(32)34/h2-6,13-15,19-20,33H,7-12,16-18H2,1H3,(H,31,34)/t20-,26?,27?/m1/s1. The van der Waals surface area contributed by atoms with Crippen LogP contribution in [0.3, 0.4) is 0 Å². The number of aliphatic hydroxyl groups is 1. The Balaban J connectivity index is 1.59. The van der Waals surface area contributed by atoms with E-state index in [9.17, 15) is 18.7 Å². The lowest BCUT2D eigenvalue weighted by molar-refractivity contribution is -0.00536. The number of nitrogens with one attached hydrogen (secondary N) is 1. The lowest BCUT2D eigenvalue weighted by Crippen LogP contribution is -2.48. The monoisotopic (exact) mass is 485 g/mol. The Labute approximate surface area is 204 Å². The Hall–Kier alpha value is -2.84. The molecular weight excluding hydrogens is 452 g/mol. The fraction of sp³-hybridized carbons (Fsp3) is 0.481. The van der Waals surface area contributed by atoms with Gasteiger partial charge in [-0.2, -0.15) is 5.10 Å². The molecule has 0 radical (unpaired) electrons. The molecule has 1 fully saturated rings. The zero-order chi connectivity index (χ0) is 24.9. The minimum Gasteiger partial charge on any atom is -0.396 e. The molecule has 0 unspecified atom stereocenters. The second kappa shape index (κ2) is 10.8. The summed E-state index contributed by atoms with van der Waals surface area (Å²) in [4.78, 5) is 12.4. The van der Waals surface area contributed by atoms with Crippen molar-refractivity contribution in [2.45, 2.75) is 69.4 Å². The average molecular weight is 486 g/mol. The van der Waals surface area contributed by atoms with Crippen molar-refractivity contribution in [2.24, 2.45) is 0 Å². The second-order valence-corrected chi connectivity index (χ2v) is 9.68. The Kier molecular flexibility index (Phi) is 7.82. The Morgan fingerprint density at radius 3 is 2.29 bits per heavy atom. The highest BCUT2D eigenvalue weighted by Crippen LogP contribution is 2.48. The van der Waals surface area contributed by atoms with Gasteiger partial charge in [-0.05, 0) is 61.3 Å². The van der Waals surface area contributed by atoms with E-state index < -0.39 is 18.9 Å². The van der Waals surface area contributed by atoms with Crippen LogP contribution >= 0.6 is 0 Å². The van der Waals surface area contributed by atoms with Gasteiger partial charge >= 0.3 is 5.69 Å². The molecule has 1 saturated carbocycles. The largest absolute Gasteiger partial charge is 0.396 e. The molecule has 1 aliphatic rings. The summed E-state index contributed by atoms with van der Waals surface area (Å²) in [5.41, 5.74) is 1.74. The lowest BCUT2D eigenvalue weighted by Gasteiger charge is -2.47. The van der Waals surface area contributed by atoms with Crippen molar-refractivity contribution in [3.05, 3.63) is 87.6 Å². The van der Waals surface area contributed by atoms with Crippen LogP contribution in [-0.2, 0) is 29.0 Å². The SMILES string of the molecule is C[C@@H](OCC1(c2ccccc2)CCC(CCO)(n2cn[nH]c2=O)CC1)c1cc(CF)cc(CF)c1. The van der Waals surface area contributed by atoms with Crippen molar-refractivity contribution in [2.75, 3.05) is 13.2 Å². The summed E-state index contributed by atoms with van der Waals surface area (Å²) in [6, 6.07) is 15.2. The van der Waals surface area contributed by atoms with Crippen molar-refractivity contribution in [3.8, 4) is 0 Å². The number of hydrogen-bond donors (Lipinski definition) is 2. The van der Waals surface area contributed by atoms with Crippen LogP contribution in [0.4, 0.5) is 8.78 Å². The van der Waals surface area contributed by atoms with E-state index in [4.69, 9.17) is 4.74 Å². The first-order valence-corrected chi connectivity index (χ1v) is 12.1. The van der Waals surface area contributed by atoms with Gasteiger partial charge in [-0.25, -0.2) is 18.7 Å². The summed E-state index contributed by atoms with van der Waals surface area (Å²) in [7, 11) is 0. The molecular formula is C27H33F2N3O3. The van der Waals surface area contributed by atoms with Crippen LogP contribution in [0.2, 0.25) is 0 Å². The third kappa shape index (κ3) is 5.23. The van der Waals surface area contributed by atoms with Gasteiger partial charge in [-0.3, -0.25) is 4.57 Å². The molecule has 0 aliphatic heterocycles. The van der Waals surface area contributed by atoms with Crippen LogP contribution in [0, 0.1) is 0 Å². The van der Waals surface area contributed by atoms with Gasteiger partial charge in [-0.15, -0.1) is 0 Å². The number of hydrogen-bond acceptors (Lipinski definition) is 4. The highest BCUT2D eigenvalue weighted by Gasteiger charge is 2.45. The number of benzene rings is 2. The first-order valence-electron chi connectivity index (χ1n) is 12.1. The van der Waals surface area contributed by atoms with Gasteiger partial charge in [0.2, 0.25) is 0 Å². The van der Waals surface area contributed by atoms with E-state index in [0.29, 0.717) is 37.0 Å². The number of ether oxygens (including phenoxy) is 1. The lowest BCUT2D eigenvalue weighted by atomic mass is 9.63. The fourth-order valence-electron chi connectivity index (χ4n) is 5.47. The molecule has 6 nitrogen and oxygen atoms in total. The minimum atomic E-state index is -0.651. The zero-order valence-corrected chi connectivity index (χ0v) is 20.1. The first kappa shape index (κ1) is 25.3. The Morgan fingerprint density at radius 1 is 1.09 bits per heavy atom. The van der Waals surface area contributed by atoms with Gasteiger partial charge in [-0.1, -0.05) is 48.5 Å². The predicted molar refractivity (Wildman–Crippen MR) is 130 cm³/mol. The summed E-state index contributed by atoms with van der Waals surface area (Å²) in [6.07, 6.45) is 4.52. The molecule has 35 heavy (non-hydrogen) atoms. The maximum absolute atomic E-state index is 13.3. The van der Waals surface area contributed by atoms with Crippen molar-refractivity contribution in [1.82, 2.24) is 14.8 Å². The molecule has 0 spiro atoms. The normalized spacial score (nSPS) is 23.3. The van der Waals surface area contributed by atoms with Crippen LogP contribution in [0.15, 0.2) is 59.7 Å². The summed E-state index contributed by atoms with van der Waals surface area (Å²) in [5.74, 6) is 0. The molecule has 1 atom stereocenters. The van der Waals surface area contributed by atoms with Crippen LogP contribution < -0.4 is 5.69 Å². The quantitative estimate of drug-likeness (QED) is 0.429. The number of halogens is 2. The van der Waals surface area contributed by atoms with Crippen LogP contribution in [0.5, 0.6) is 0 Å². The van der Waals surface area contributed by atoms with Crippen molar-refractivity contribution < 1.29 is 18.6 Å². The van der Waals surface area contributed by atoms with Crippen molar-refractivity contribution in [1.29, 1.82) is 0 Å². The summed E-state index contributed by atoms with van der Waals surface area (Å²) >= 11 is 0. The van der Waals surface area contributed by atoms with Crippen molar-refractivity contribution in [3.63, 3.8) is 0 Å². The molecule has 188 valence electrons. The number of aromatic nitrogens is 3. The van der Waals surface area contributed by atoms with Crippen molar-refractivity contribution >= 4 is 0 Å². The van der Waals surface area contributed by atoms with Crippen LogP contribution in [-0.4, -0.2) is 33.1 Å². The number of alkyl halides is 2. The van der Waals surface area contributed by atoms with E-state index >= 15 is 0 Å². The number of rotatable bonds is 10. The highest BCUT2D eigenvalue weighted by molar-refractivity contribution is 5.31. The van der Waals surface area contributed by atoms with Gasteiger partial charge in [0.25, 0.3) is 0 Å². The maximum Gasteiger partial charge on any atom is 0.343 e. The van der Waals surface area contributed by atoms with E-state index in [1.807, 2.05) is 25.1 Å². The molecule has 2 aromatic carbocycles. The topological polar surface area (TPSA) is 80.1 Å². The van der Waals surface area contributed by atoms with E-state index in [2.05, 4.69) is 22.3 Å². The van der Waals surface area contributed by atoms with Gasteiger partial charge < -0.3 is 9.84 Å². The number of aliphatic hydroxyl groups excluding tert-OH is 1. The summed E-state index contributed by atoms with van der Waals surface area (Å²) in [6.45, 7) is 1.01. The maximum atomic E-state index is 13.3. The van der Waals surface area contributed by atoms with Gasteiger partial charge in [0.05, 0.1) is 18.2 Å². The molecule has 4 rings (SSSR count). The van der Waals surface area contributed by atoms with Gasteiger partial charge in [0, 0.05) is 12.0 Å². The predicted octanol–water partition coefficient (Wildman–Crippen LogP) is 4.88. The third-order valence-corrected chi connectivity index (χ3v) is 7.63. The van der Waals surface area contributed by atoms with Gasteiger partial charge in [0.15, 0.2) is 0 Å². The number of nitrogens with zero attached hydrogens (tertiary/aromatic N) is 2. The summed E-state index contributed by atoms with van der Waals surface area (Å²) in [5, 5.41) is 16.2. The molecule has 1 aliphatic carbocycles. The van der Waals surface area contributed by atoms with E-state index in [1.165, 1.54) is 6.33 Å². The minimum absolute atomic E-state index is 0.0225. The Morgan fingerprint density at radius 2 is 1.74 bits per heavy atom. The van der Waals surface area contributed by atoms with E-state index in [0.717, 1.165) is 24.0 Å². The zero-order valence-electron chi connectivity index (χ0n) is 20.1. The van der Waals surface area contributed by atoms with E-state index in [-0.39, 0.29) is 23.8 Å². The molecule has 8 heteroatoms. The van der Waals surface area contributed by atoms with Crippen LogP contribution in [0.25, 0.3) is 0 Å². The third-order valence-electron chi connectivity index (χ3n) is 7.63. The summed E-state index contributed by atoms with van der Waals surface area (Å²) < 4.78 is 34.6. The first-order chi connectivity index (χ1) is 16.9. The van der Waals surface area contributed by atoms with Gasteiger partial charge in [0.1, 0.15) is 19.7 Å². The highest BCUT2D eigenvalue weighted by atomic mass is 19.1. The molecule has 2 N–H and O–H groups in total. The molecule has 0 bridgehead atoms. The number of aromatic amines is 1. The Bertz CT molecular complexity index is 1130. The second-order valence-electron chi connectivity index (χ2n) is 9.68. The molecule has 0 amide bonds. The smallest absolute Gasteiger partial charge is 0.343 e. The fourth-order valence-corrected chi connectivity index (χ4v) is 5.47. The molecule has 3 aromatic rings. The molecule has 1 aromatic heterocycles. The molecule has 1 heterocycles. The molecule has 0 saturated heterocycles. The number of H-pyrrole nitrogens is 1. The van der Waals surface area contributed by atoms with Crippen LogP contribution in [0.1, 0.15) is 67.4 Å². The van der Waals surface area contributed by atoms with E-state index in [1.54, 1.807) is 22.8 Å².